The molecule has 2 aromatic rings. The molecule has 0 aliphatic carbocycles. The van der Waals surface area contributed by atoms with Gasteiger partial charge in [-0.3, -0.25) is 9.82 Å². The summed E-state index contributed by atoms with van der Waals surface area (Å²) in [6.45, 7) is 0. The largest absolute Gasteiger partial charge is 0.324 e. The van der Waals surface area contributed by atoms with Crippen LogP contribution < -0.4 is 4.72 Å². The predicted molar refractivity (Wildman–Crippen MR) is 57.6 cm³/mol. The monoisotopic (exact) mass is 261 g/mol. The number of aryl methyl sites for hydroxylation is 1. The van der Waals surface area contributed by atoms with Gasteiger partial charge in [0.15, 0.2) is 0 Å². The molecule has 0 saturated heterocycles. The highest BCUT2D eigenvalue weighted by Gasteiger charge is 2.22. The number of imidazole rings is 1. The third kappa shape index (κ3) is 1.89. The molecule has 2 N–H and O–H groups in total. The number of rotatable bonds is 3. The van der Waals surface area contributed by atoms with Crippen molar-refractivity contribution in [1.29, 1.82) is 0 Å². The van der Waals surface area contributed by atoms with Crippen molar-refractivity contribution < 1.29 is 8.42 Å². The zero-order valence-corrected chi connectivity index (χ0v) is 9.75. The zero-order chi connectivity index (χ0) is 11.8. The van der Waals surface area contributed by atoms with Crippen LogP contribution >= 0.6 is 11.6 Å². The molecule has 7 nitrogen and oxygen atoms in total. The van der Waals surface area contributed by atoms with E-state index in [-0.39, 0.29) is 10.2 Å². The van der Waals surface area contributed by atoms with E-state index in [1.165, 1.54) is 23.3 Å². The first-order chi connectivity index (χ1) is 7.50. The number of nitrogens with zero attached hydrogens (tertiary/aromatic N) is 3. The molecule has 0 unspecified atom stereocenters. The summed E-state index contributed by atoms with van der Waals surface area (Å²) in [7, 11) is -2.16. The first-order valence-electron chi connectivity index (χ1n) is 4.19. The molecule has 0 fully saturated rings. The van der Waals surface area contributed by atoms with Gasteiger partial charge in [0.05, 0.1) is 18.2 Å². The molecule has 0 atom stereocenters. The number of hydrogen-bond donors (Lipinski definition) is 2. The molecule has 0 aliphatic rings. The van der Waals surface area contributed by atoms with Gasteiger partial charge in [0.25, 0.3) is 10.0 Å². The summed E-state index contributed by atoms with van der Waals surface area (Å²) in [5.74, 6) is 0. The molecule has 86 valence electrons. The summed E-state index contributed by atoms with van der Waals surface area (Å²) in [6.07, 6.45) is 4.08. The van der Waals surface area contributed by atoms with Crippen molar-refractivity contribution in [3.63, 3.8) is 0 Å². The van der Waals surface area contributed by atoms with E-state index in [4.69, 9.17) is 11.6 Å². The van der Waals surface area contributed by atoms with Crippen molar-refractivity contribution in [2.24, 2.45) is 7.05 Å². The number of aromatic nitrogens is 4. The Hall–Kier alpha value is -1.54. The lowest BCUT2D eigenvalue weighted by molar-refractivity contribution is 0.598. The van der Waals surface area contributed by atoms with Crippen LogP contribution in [0.2, 0.25) is 5.15 Å². The molecule has 0 aliphatic heterocycles. The summed E-state index contributed by atoms with van der Waals surface area (Å²) in [6, 6.07) is 0. The summed E-state index contributed by atoms with van der Waals surface area (Å²) in [5.41, 5.74) is 0.321. The lowest BCUT2D eigenvalue weighted by Gasteiger charge is -2.02. The van der Waals surface area contributed by atoms with Crippen LogP contribution in [0.3, 0.4) is 0 Å². The third-order valence-electron chi connectivity index (χ3n) is 1.84. The molecule has 0 spiro atoms. The summed E-state index contributed by atoms with van der Waals surface area (Å²) < 4.78 is 27.3. The molecule has 0 aromatic carbocycles. The van der Waals surface area contributed by atoms with Crippen LogP contribution in [0.4, 0.5) is 5.69 Å². The molecule has 0 radical (unpaired) electrons. The van der Waals surface area contributed by atoms with Crippen molar-refractivity contribution in [2.45, 2.75) is 5.03 Å². The van der Waals surface area contributed by atoms with Gasteiger partial charge in [-0.25, -0.2) is 4.98 Å². The smallest absolute Gasteiger partial charge is 0.282 e. The maximum atomic E-state index is 11.8. The molecule has 2 heterocycles. The number of nitrogens with one attached hydrogen (secondary N) is 2. The fraction of sp³-hybridized carbons (Fsp3) is 0.143. The van der Waals surface area contributed by atoms with Gasteiger partial charge in [-0.2, -0.15) is 13.5 Å². The van der Waals surface area contributed by atoms with Gasteiger partial charge >= 0.3 is 0 Å². The second kappa shape index (κ2) is 3.80. The van der Waals surface area contributed by atoms with Gasteiger partial charge in [-0.1, -0.05) is 11.6 Å². The second-order valence-electron chi connectivity index (χ2n) is 3.04. The highest BCUT2D eigenvalue weighted by molar-refractivity contribution is 7.92. The number of sulfonamides is 1. The summed E-state index contributed by atoms with van der Waals surface area (Å²) >= 11 is 5.79. The van der Waals surface area contributed by atoms with Gasteiger partial charge in [0, 0.05) is 13.2 Å². The minimum atomic E-state index is -3.77. The van der Waals surface area contributed by atoms with Crippen molar-refractivity contribution in [3.05, 3.63) is 23.9 Å². The lowest BCUT2D eigenvalue weighted by atomic mass is 10.6. The van der Waals surface area contributed by atoms with Crippen molar-refractivity contribution in [3.8, 4) is 0 Å². The first-order valence-corrected chi connectivity index (χ1v) is 6.05. The third-order valence-corrected chi connectivity index (χ3v) is 3.71. The van der Waals surface area contributed by atoms with Gasteiger partial charge in [0.2, 0.25) is 5.03 Å². The highest BCUT2D eigenvalue weighted by Crippen LogP contribution is 2.20. The average Bonchev–Trinajstić information content (AvgIpc) is 2.78. The van der Waals surface area contributed by atoms with E-state index in [9.17, 15) is 8.42 Å². The van der Waals surface area contributed by atoms with Crippen LogP contribution in [0.25, 0.3) is 0 Å². The lowest BCUT2D eigenvalue weighted by Crippen LogP contribution is -2.13. The Labute approximate surface area is 96.5 Å². The molecule has 2 rings (SSSR count). The van der Waals surface area contributed by atoms with Gasteiger partial charge < -0.3 is 4.57 Å². The highest BCUT2D eigenvalue weighted by atomic mass is 35.5. The van der Waals surface area contributed by atoms with E-state index < -0.39 is 10.0 Å². The Kier molecular flexibility index (Phi) is 2.60. The van der Waals surface area contributed by atoms with Crippen LogP contribution in [0.1, 0.15) is 0 Å². The van der Waals surface area contributed by atoms with Crippen molar-refractivity contribution in [2.75, 3.05) is 4.72 Å². The quantitative estimate of drug-likeness (QED) is 0.846. The number of hydrogen-bond acceptors (Lipinski definition) is 4. The van der Waals surface area contributed by atoms with Gasteiger partial charge in [-0.05, 0) is 0 Å². The topological polar surface area (TPSA) is 92.7 Å². The van der Waals surface area contributed by atoms with E-state index in [1.807, 2.05) is 0 Å². The Morgan fingerprint density at radius 3 is 2.81 bits per heavy atom. The van der Waals surface area contributed by atoms with Crippen LogP contribution in [0.5, 0.6) is 0 Å². The van der Waals surface area contributed by atoms with Gasteiger partial charge in [0.1, 0.15) is 5.15 Å². The Balaban J connectivity index is 2.36. The van der Waals surface area contributed by atoms with Crippen molar-refractivity contribution in [1.82, 2.24) is 19.7 Å². The van der Waals surface area contributed by atoms with Gasteiger partial charge in [-0.15, -0.1) is 0 Å². The fourth-order valence-electron chi connectivity index (χ4n) is 1.08. The molecular formula is C7H8ClN5O2S. The molecule has 2 aromatic heterocycles. The second-order valence-corrected chi connectivity index (χ2v) is 5.00. The standard InChI is InChI=1S/C7H8ClN5O2S/c1-13-4-9-7(6(13)8)16(14,15)12-5-2-10-11-3-5/h2-4,12H,1H3,(H,10,11). The van der Waals surface area contributed by atoms with Crippen molar-refractivity contribution >= 4 is 27.3 Å². The van der Waals surface area contributed by atoms with Crippen LogP contribution in [0, 0.1) is 0 Å². The van der Waals surface area contributed by atoms with Crippen LogP contribution in [-0.2, 0) is 17.1 Å². The minimum absolute atomic E-state index is 0.0518. The molecule has 16 heavy (non-hydrogen) atoms. The van der Waals surface area contributed by atoms with E-state index in [0.717, 1.165) is 0 Å². The maximum absolute atomic E-state index is 11.8. The molecular weight excluding hydrogens is 254 g/mol. The molecule has 0 amide bonds. The van der Waals surface area contributed by atoms with E-state index in [0.29, 0.717) is 5.69 Å². The number of H-pyrrole nitrogens is 1. The SMILES string of the molecule is Cn1cnc(S(=O)(=O)Nc2cn[nH]c2)c1Cl. The Bertz CT molecular complexity index is 588. The minimum Gasteiger partial charge on any atom is -0.324 e. The maximum Gasteiger partial charge on any atom is 0.282 e. The molecule has 0 saturated carbocycles. The van der Waals surface area contributed by atoms with E-state index in [2.05, 4.69) is 19.9 Å². The van der Waals surface area contributed by atoms with Crippen LogP contribution in [0.15, 0.2) is 23.7 Å². The first kappa shape index (κ1) is 11.0. The van der Waals surface area contributed by atoms with E-state index in [1.54, 1.807) is 7.05 Å². The number of aromatic amines is 1. The number of anilines is 1. The molecule has 0 bridgehead atoms. The number of halogens is 1. The molecule has 9 heteroatoms. The Morgan fingerprint density at radius 1 is 1.56 bits per heavy atom. The predicted octanol–water partition coefficient (Wildman–Crippen LogP) is 0.597. The summed E-state index contributed by atoms with van der Waals surface area (Å²) in [4.78, 5) is 3.72. The zero-order valence-electron chi connectivity index (χ0n) is 8.18. The van der Waals surface area contributed by atoms with E-state index >= 15 is 0 Å². The fourth-order valence-corrected chi connectivity index (χ4v) is 2.55. The Morgan fingerprint density at radius 2 is 2.31 bits per heavy atom. The normalized spacial score (nSPS) is 11.6. The average molecular weight is 262 g/mol. The summed E-state index contributed by atoms with van der Waals surface area (Å²) in [5, 5.41) is 5.95. The van der Waals surface area contributed by atoms with Crippen LogP contribution in [-0.4, -0.2) is 28.2 Å².